The van der Waals surface area contributed by atoms with Crippen molar-refractivity contribution in [3.63, 3.8) is 0 Å². The molecule has 0 bridgehead atoms. The van der Waals surface area contributed by atoms with Crippen LogP contribution in [-0.4, -0.2) is 45.1 Å². The summed E-state index contributed by atoms with van der Waals surface area (Å²) in [4.78, 5) is 24.8. The number of aromatic nitrogens is 5. The highest BCUT2D eigenvalue weighted by atomic mass is 32.2. The summed E-state index contributed by atoms with van der Waals surface area (Å²) < 4.78 is 5.40. The van der Waals surface area contributed by atoms with E-state index in [9.17, 15) is 0 Å². The van der Waals surface area contributed by atoms with Gasteiger partial charge in [0, 0.05) is 37.4 Å². The van der Waals surface area contributed by atoms with Gasteiger partial charge in [0.1, 0.15) is 5.03 Å². The van der Waals surface area contributed by atoms with E-state index in [4.69, 9.17) is 26.2 Å². The Balaban J connectivity index is 1.19. The smallest absolute Gasteiger partial charge is 0.227 e. The van der Waals surface area contributed by atoms with Crippen molar-refractivity contribution in [1.82, 2.24) is 24.9 Å². The highest BCUT2D eigenvalue weighted by Crippen LogP contribution is 2.50. The number of ether oxygens (including phenoxy) is 1. The number of anilines is 1. The molecule has 1 unspecified atom stereocenters. The first-order chi connectivity index (χ1) is 17.1. The van der Waals surface area contributed by atoms with Crippen molar-refractivity contribution in [2.45, 2.75) is 41.8 Å². The van der Waals surface area contributed by atoms with Gasteiger partial charge in [0.05, 0.1) is 18.2 Å². The topological polar surface area (TPSA) is 132 Å². The maximum Gasteiger partial charge on any atom is 0.227 e. The Morgan fingerprint density at radius 2 is 2.11 bits per heavy atom. The summed E-state index contributed by atoms with van der Waals surface area (Å²) >= 11 is 1.44. The van der Waals surface area contributed by atoms with Crippen molar-refractivity contribution in [3.05, 3.63) is 59.4 Å². The Morgan fingerprint density at radius 3 is 2.89 bits per heavy atom. The highest BCUT2D eigenvalue weighted by molar-refractivity contribution is 7.99. The Labute approximate surface area is 207 Å². The molecule has 4 aromatic rings. The van der Waals surface area contributed by atoms with Crippen LogP contribution in [0.25, 0.3) is 11.3 Å². The van der Waals surface area contributed by atoms with Crippen molar-refractivity contribution in [1.29, 1.82) is 0 Å². The lowest BCUT2D eigenvalue weighted by molar-refractivity contribution is 0.187. The standard InChI is InChI=1S/C25H26N8OS/c1-34-23-18(10-15(12-26)13-29-23)35-19-14-28-21-22(30-19)32-24(31-21)33-8-6-25(7-9-33)11-16-4-2-3-5-17(16)20(25)27/h3,5,10,13-14,20H,6-9,11-12,26-27H2,1H3,(H,28,30,31,32). The molecule has 6 rings (SSSR count). The van der Waals surface area contributed by atoms with Crippen LogP contribution in [-0.2, 0) is 13.0 Å². The lowest BCUT2D eigenvalue weighted by Crippen LogP contribution is -2.44. The minimum atomic E-state index is 0.0494. The van der Waals surface area contributed by atoms with Crippen LogP contribution < -0.4 is 21.1 Å². The number of aromatic amines is 1. The number of nitrogens with one attached hydrogen (secondary N) is 1. The van der Waals surface area contributed by atoms with Gasteiger partial charge in [-0.1, -0.05) is 23.9 Å². The van der Waals surface area contributed by atoms with Gasteiger partial charge in [0.2, 0.25) is 11.8 Å². The molecule has 1 spiro atoms. The normalized spacial score (nSPS) is 18.6. The summed E-state index contributed by atoms with van der Waals surface area (Å²) in [7, 11) is 1.60. The van der Waals surface area contributed by atoms with Crippen LogP contribution in [0.5, 0.6) is 5.88 Å². The maximum atomic E-state index is 6.70. The Morgan fingerprint density at radius 1 is 1.26 bits per heavy atom. The molecule has 9 nitrogen and oxygen atoms in total. The fraction of sp³-hybridized carbons (Fsp3) is 0.360. The SMILES string of the molecule is COc1ncc(CN)cc1Sc1cnc2nc(N3CCC4(CC3)Cc3c#cccc3C4N)[nH]c2n1. The maximum absolute atomic E-state index is 6.70. The lowest BCUT2D eigenvalue weighted by Gasteiger charge is -2.42. The van der Waals surface area contributed by atoms with E-state index in [-0.39, 0.29) is 11.5 Å². The van der Waals surface area contributed by atoms with Gasteiger partial charge in [-0.3, -0.25) is 0 Å². The minimum Gasteiger partial charge on any atom is -0.480 e. The van der Waals surface area contributed by atoms with Crippen molar-refractivity contribution in [2.75, 3.05) is 25.1 Å². The fourth-order valence-corrected chi connectivity index (χ4v) is 6.10. The minimum absolute atomic E-state index is 0.0494. The number of fused-ring (bicyclic) bond motifs is 2. The van der Waals surface area contributed by atoms with Crippen LogP contribution in [0.4, 0.5) is 5.95 Å². The number of imidazole rings is 1. The van der Waals surface area contributed by atoms with Gasteiger partial charge in [-0.05, 0) is 54.0 Å². The molecule has 0 saturated carbocycles. The van der Waals surface area contributed by atoms with Gasteiger partial charge < -0.3 is 26.1 Å². The van der Waals surface area contributed by atoms with E-state index in [1.807, 2.05) is 12.1 Å². The molecule has 5 N–H and O–H groups in total. The number of nitrogens with zero attached hydrogens (tertiary/aromatic N) is 5. The Hall–Kier alpha value is -3.39. The number of hydrogen-bond acceptors (Lipinski definition) is 9. The van der Waals surface area contributed by atoms with Crippen molar-refractivity contribution in [3.8, 4) is 5.88 Å². The summed E-state index contributed by atoms with van der Waals surface area (Å²) in [5.41, 5.74) is 17.2. The van der Waals surface area contributed by atoms with Crippen molar-refractivity contribution >= 4 is 29.0 Å². The fourth-order valence-electron chi connectivity index (χ4n) is 5.20. The van der Waals surface area contributed by atoms with Crippen LogP contribution in [0.2, 0.25) is 0 Å². The van der Waals surface area contributed by atoms with E-state index in [1.54, 1.807) is 19.5 Å². The van der Waals surface area contributed by atoms with E-state index in [0.29, 0.717) is 23.7 Å². The molecule has 4 heterocycles. The van der Waals surface area contributed by atoms with Crippen LogP contribution in [0.15, 0.2) is 40.5 Å². The van der Waals surface area contributed by atoms with Crippen LogP contribution in [0.1, 0.15) is 35.6 Å². The number of rotatable bonds is 5. The second-order valence-corrected chi connectivity index (χ2v) is 10.2. The zero-order valence-corrected chi connectivity index (χ0v) is 20.2. The molecular formula is C25H26N8OS. The predicted molar refractivity (Wildman–Crippen MR) is 133 cm³/mol. The van der Waals surface area contributed by atoms with Gasteiger partial charge in [0.25, 0.3) is 0 Å². The summed E-state index contributed by atoms with van der Waals surface area (Å²) in [5, 5.41) is 0.724. The van der Waals surface area contributed by atoms with E-state index < -0.39 is 0 Å². The summed E-state index contributed by atoms with van der Waals surface area (Å²) in [6, 6.07) is 12.4. The number of H-pyrrole nitrogens is 1. The molecule has 1 atom stereocenters. The molecule has 1 aliphatic heterocycles. The lowest BCUT2D eigenvalue weighted by atomic mass is 9.73. The first-order valence-electron chi connectivity index (χ1n) is 11.6. The molecule has 35 heavy (non-hydrogen) atoms. The second-order valence-electron chi connectivity index (χ2n) is 9.14. The number of piperidine rings is 1. The molecular weight excluding hydrogens is 460 g/mol. The average Bonchev–Trinajstić information content (AvgIpc) is 3.43. The molecule has 178 valence electrons. The van der Waals surface area contributed by atoms with Gasteiger partial charge in [-0.15, -0.1) is 0 Å². The molecule has 1 saturated heterocycles. The van der Waals surface area contributed by atoms with Crippen LogP contribution >= 0.6 is 11.8 Å². The van der Waals surface area contributed by atoms with E-state index in [2.05, 4.69) is 38.1 Å². The first kappa shape index (κ1) is 22.1. The first-order valence-corrected chi connectivity index (χ1v) is 12.5. The predicted octanol–water partition coefficient (Wildman–Crippen LogP) is 2.81. The zero-order valence-electron chi connectivity index (χ0n) is 19.4. The largest absolute Gasteiger partial charge is 0.480 e. The second kappa shape index (κ2) is 8.68. The molecule has 1 fully saturated rings. The van der Waals surface area contributed by atoms with E-state index >= 15 is 0 Å². The Bertz CT molecular complexity index is 1380. The van der Waals surface area contributed by atoms with Crippen molar-refractivity contribution in [2.24, 2.45) is 16.9 Å². The van der Waals surface area contributed by atoms with E-state index in [0.717, 1.165) is 53.8 Å². The molecule has 0 amide bonds. The van der Waals surface area contributed by atoms with Gasteiger partial charge in [-0.25, -0.2) is 15.0 Å². The molecule has 2 aliphatic rings. The molecule has 10 heteroatoms. The van der Waals surface area contributed by atoms with Gasteiger partial charge in [-0.2, -0.15) is 4.98 Å². The number of hydrogen-bond donors (Lipinski definition) is 3. The zero-order chi connectivity index (χ0) is 24.0. The third-order valence-corrected chi connectivity index (χ3v) is 8.11. The molecule has 1 aromatic carbocycles. The van der Waals surface area contributed by atoms with E-state index in [1.165, 1.54) is 22.9 Å². The van der Waals surface area contributed by atoms with Crippen LogP contribution in [0, 0.1) is 17.5 Å². The molecule has 3 aromatic heterocycles. The highest BCUT2D eigenvalue weighted by Gasteiger charge is 2.46. The monoisotopic (exact) mass is 486 g/mol. The van der Waals surface area contributed by atoms with Gasteiger partial charge in [0.15, 0.2) is 11.3 Å². The summed E-state index contributed by atoms with van der Waals surface area (Å²) in [5.74, 6) is 1.33. The number of pyridine rings is 1. The summed E-state index contributed by atoms with van der Waals surface area (Å²) in [6.45, 7) is 2.16. The molecule has 1 aliphatic carbocycles. The third kappa shape index (κ3) is 3.86. The number of nitrogens with two attached hydrogens (primary N) is 2. The molecule has 0 radical (unpaired) electrons. The quantitative estimate of drug-likeness (QED) is 0.389. The number of methoxy groups -OCH3 is 1. The average molecular weight is 487 g/mol. The summed E-state index contributed by atoms with van der Waals surface area (Å²) in [6.07, 6.45) is 6.41. The van der Waals surface area contributed by atoms with Gasteiger partial charge >= 0.3 is 0 Å². The third-order valence-electron chi connectivity index (χ3n) is 7.19. The van der Waals surface area contributed by atoms with Crippen molar-refractivity contribution < 1.29 is 4.74 Å². The Kier molecular flexibility index (Phi) is 5.48. The van der Waals surface area contributed by atoms with Crippen LogP contribution in [0.3, 0.4) is 0 Å².